The number of rotatable bonds is 6. The number of carbonyl (C=O) groups excluding carboxylic acids is 2. The number of nitrogens with zero attached hydrogens (tertiary/aromatic N) is 1. The summed E-state index contributed by atoms with van der Waals surface area (Å²) in [6, 6.07) is 10.9. The van der Waals surface area contributed by atoms with E-state index in [0.717, 1.165) is 18.2 Å². The number of halogens is 2. The second-order valence-corrected chi connectivity index (χ2v) is 7.44. The first-order valence-corrected chi connectivity index (χ1v) is 9.93. The van der Waals surface area contributed by atoms with Crippen molar-refractivity contribution in [1.29, 1.82) is 0 Å². The van der Waals surface area contributed by atoms with E-state index in [9.17, 15) is 18.4 Å². The minimum Gasteiger partial charge on any atom is -0.497 e. The monoisotopic (exact) mass is 442 g/mol. The van der Waals surface area contributed by atoms with E-state index < -0.39 is 29.1 Å². The molecule has 2 amide bonds. The Balaban J connectivity index is 1.82. The van der Waals surface area contributed by atoms with Gasteiger partial charge in [0.25, 0.3) is 11.8 Å². The summed E-state index contributed by atoms with van der Waals surface area (Å²) in [5.41, 5.74) is -0.0380. The molecule has 0 unspecified atom stereocenters. The standard InChI is InChI=1S/C22H16F2N2O4S/c1-29-14-9-13(10-15(11-14)30-2)25-20-19(18-4-3-7-31-18)21(27)26(22(20)28)17-8-12(23)5-6-16(17)24/h3-11,25H,1-2H3. The van der Waals surface area contributed by atoms with Crippen molar-refractivity contribution in [1.82, 2.24) is 0 Å². The lowest BCUT2D eigenvalue weighted by Gasteiger charge is -2.16. The molecule has 0 bridgehead atoms. The molecule has 1 aliphatic rings. The largest absolute Gasteiger partial charge is 0.497 e. The number of ether oxygens (including phenoxy) is 2. The Labute approximate surface area is 180 Å². The van der Waals surface area contributed by atoms with Crippen LogP contribution < -0.4 is 19.7 Å². The molecule has 0 fully saturated rings. The predicted molar refractivity (Wildman–Crippen MR) is 113 cm³/mol. The van der Waals surface area contributed by atoms with Gasteiger partial charge in [-0.25, -0.2) is 13.7 Å². The van der Waals surface area contributed by atoms with Crippen molar-refractivity contribution in [3.8, 4) is 11.5 Å². The van der Waals surface area contributed by atoms with Crippen molar-refractivity contribution >= 4 is 40.1 Å². The van der Waals surface area contributed by atoms with Crippen molar-refractivity contribution in [3.05, 3.63) is 76.1 Å². The highest BCUT2D eigenvalue weighted by Gasteiger charge is 2.42. The first-order valence-electron chi connectivity index (χ1n) is 9.05. The van der Waals surface area contributed by atoms with Gasteiger partial charge in [0.1, 0.15) is 28.8 Å². The van der Waals surface area contributed by atoms with Crippen LogP contribution in [0.15, 0.2) is 59.6 Å². The summed E-state index contributed by atoms with van der Waals surface area (Å²) in [6.45, 7) is 0. The van der Waals surface area contributed by atoms with Gasteiger partial charge in [-0.1, -0.05) is 6.07 Å². The Morgan fingerprint density at radius 2 is 1.65 bits per heavy atom. The highest BCUT2D eigenvalue weighted by atomic mass is 32.1. The first kappa shape index (κ1) is 20.5. The first-order chi connectivity index (χ1) is 14.9. The van der Waals surface area contributed by atoms with Gasteiger partial charge in [-0.15, -0.1) is 11.3 Å². The van der Waals surface area contributed by atoms with Crippen LogP contribution in [-0.2, 0) is 9.59 Å². The van der Waals surface area contributed by atoms with Gasteiger partial charge in [0.05, 0.1) is 25.5 Å². The Kier molecular flexibility index (Phi) is 5.43. The molecule has 9 heteroatoms. The van der Waals surface area contributed by atoms with E-state index in [-0.39, 0.29) is 11.3 Å². The number of thiophene rings is 1. The molecule has 158 valence electrons. The Bertz CT molecular complexity index is 1190. The summed E-state index contributed by atoms with van der Waals surface area (Å²) in [5, 5.41) is 4.69. The van der Waals surface area contributed by atoms with E-state index in [0.29, 0.717) is 27.0 Å². The number of methoxy groups -OCH3 is 2. The number of anilines is 2. The van der Waals surface area contributed by atoms with Gasteiger partial charge >= 0.3 is 0 Å². The van der Waals surface area contributed by atoms with Crippen LogP contribution in [0.5, 0.6) is 11.5 Å². The molecular weight excluding hydrogens is 426 g/mol. The second kappa shape index (κ2) is 8.19. The normalized spacial score (nSPS) is 13.7. The van der Waals surface area contributed by atoms with E-state index in [1.807, 2.05) is 0 Å². The Hall–Kier alpha value is -3.72. The number of nitrogens with one attached hydrogen (secondary N) is 1. The molecule has 0 aliphatic carbocycles. The number of imide groups is 1. The van der Waals surface area contributed by atoms with Crippen LogP contribution in [0.4, 0.5) is 20.2 Å². The van der Waals surface area contributed by atoms with E-state index in [1.54, 1.807) is 35.7 Å². The molecule has 1 aliphatic heterocycles. The predicted octanol–water partition coefficient (Wildman–Crippen LogP) is 4.44. The molecule has 31 heavy (non-hydrogen) atoms. The van der Waals surface area contributed by atoms with Crippen LogP contribution in [0.25, 0.3) is 5.57 Å². The number of hydrogen-bond donors (Lipinski definition) is 1. The van der Waals surface area contributed by atoms with Gasteiger partial charge in [0.2, 0.25) is 0 Å². The van der Waals surface area contributed by atoms with Crippen LogP contribution in [0.2, 0.25) is 0 Å². The summed E-state index contributed by atoms with van der Waals surface area (Å²) in [6.07, 6.45) is 0. The number of carbonyl (C=O) groups is 2. The zero-order valence-corrected chi connectivity index (χ0v) is 17.3. The quantitative estimate of drug-likeness (QED) is 0.572. The Morgan fingerprint density at radius 1 is 0.935 bits per heavy atom. The zero-order chi connectivity index (χ0) is 22.1. The molecular formula is C22H16F2N2O4S. The molecule has 1 aromatic heterocycles. The summed E-state index contributed by atoms with van der Waals surface area (Å²) in [7, 11) is 2.96. The lowest BCUT2D eigenvalue weighted by molar-refractivity contribution is -0.120. The maximum atomic E-state index is 14.4. The number of hydrogen-bond acceptors (Lipinski definition) is 6. The Morgan fingerprint density at radius 3 is 2.26 bits per heavy atom. The fourth-order valence-electron chi connectivity index (χ4n) is 3.19. The SMILES string of the molecule is COc1cc(NC2=C(c3cccs3)C(=O)N(c3cc(F)ccc3F)C2=O)cc(OC)c1. The van der Waals surface area contributed by atoms with Gasteiger partial charge in [0, 0.05) is 34.8 Å². The highest BCUT2D eigenvalue weighted by molar-refractivity contribution is 7.11. The number of benzene rings is 2. The lowest BCUT2D eigenvalue weighted by Crippen LogP contribution is -2.33. The maximum Gasteiger partial charge on any atom is 0.282 e. The molecule has 0 saturated carbocycles. The van der Waals surface area contributed by atoms with Crippen molar-refractivity contribution < 1.29 is 27.8 Å². The molecule has 6 nitrogen and oxygen atoms in total. The maximum absolute atomic E-state index is 14.4. The van der Waals surface area contributed by atoms with Gasteiger partial charge in [0.15, 0.2) is 0 Å². The van der Waals surface area contributed by atoms with Gasteiger partial charge in [-0.2, -0.15) is 0 Å². The molecule has 2 heterocycles. The smallest absolute Gasteiger partial charge is 0.282 e. The fourth-order valence-corrected chi connectivity index (χ4v) is 3.96. The fraction of sp³-hybridized carbons (Fsp3) is 0.0909. The van der Waals surface area contributed by atoms with Gasteiger partial charge < -0.3 is 14.8 Å². The van der Waals surface area contributed by atoms with E-state index in [2.05, 4.69) is 5.32 Å². The molecule has 3 aromatic rings. The average molecular weight is 442 g/mol. The third-order valence-electron chi connectivity index (χ3n) is 4.62. The molecule has 1 N–H and O–H groups in total. The minimum absolute atomic E-state index is 0.0606. The summed E-state index contributed by atoms with van der Waals surface area (Å²) >= 11 is 1.25. The van der Waals surface area contributed by atoms with Crippen LogP contribution in [0.1, 0.15) is 4.88 Å². The lowest BCUT2D eigenvalue weighted by atomic mass is 10.1. The van der Waals surface area contributed by atoms with Crippen molar-refractivity contribution in [2.45, 2.75) is 0 Å². The van der Waals surface area contributed by atoms with Crippen LogP contribution in [-0.4, -0.2) is 26.0 Å². The number of amides is 2. The molecule has 0 saturated heterocycles. The van der Waals surface area contributed by atoms with Crippen LogP contribution in [0.3, 0.4) is 0 Å². The van der Waals surface area contributed by atoms with E-state index >= 15 is 0 Å². The van der Waals surface area contributed by atoms with E-state index in [4.69, 9.17) is 9.47 Å². The average Bonchev–Trinajstić information content (AvgIpc) is 3.36. The molecule has 4 rings (SSSR count). The van der Waals surface area contributed by atoms with Crippen molar-refractivity contribution in [2.24, 2.45) is 0 Å². The summed E-state index contributed by atoms with van der Waals surface area (Å²) in [4.78, 5) is 27.6. The molecule has 2 aromatic carbocycles. The molecule has 0 atom stereocenters. The molecule has 0 radical (unpaired) electrons. The van der Waals surface area contributed by atoms with E-state index in [1.165, 1.54) is 25.6 Å². The summed E-state index contributed by atoms with van der Waals surface area (Å²) in [5.74, 6) is -2.30. The second-order valence-electron chi connectivity index (χ2n) is 6.50. The van der Waals surface area contributed by atoms with Gasteiger partial charge in [-0.05, 0) is 23.6 Å². The van der Waals surface area contributed by atoms with Crippen LogP contribution >= 0.6 is 11.3 Å². The van der Waals surface area contributed by atoms with Crippen molar-refractivity contribution in [3.63, 3.8) is 0 Å². The van der Waals surface area contributed by atoms with Gasteiger partial charge in [-0.3, -0.25) is 9.59 Å². The third-order valence-corrected chi connectivity index (χ3v) is 5.51. The van der Waals surface area contributed by atoms with Crippen LogP contribution in [0, 0.1) is 11.6 Å². The third kappa shape index (κ3) is 3.75. The minimum atomic E-state index is -0.891. The highest BCUT2D eigenvalue weighted by Crippen LogP contribution is 2.37. The molecule has 0 spiro atoms. The summed E-state index contributed by atoms with van der Waals surface area (Å²) < 4.78 is 38.7. The van der Waals surface area contributed by atoms with Crippen molar-refractivity contribution in [2.75, 3.05) is 24.4 Å². The zero-order valence-electron chi connectivity index (χ0n) is 16.4. The topological polar surface area (TPSA) is 67.9 Å².